The van der Waals surface area contributed by atoms with Crippen molar-refractivity contribution in [2.45, 2.75) is 53.6 Å². The summed E-state index contributed by atoms with van der Waals surface area (Å²) in [5.41, 5.74) is 2.12. The predicted octanol–water partition coefficient (Wildman–Crippen LogP) is 4.63. The molecule has 18 heavy (non-hydrogen) atoms. The predicted molar refractivity (Wildman–Crippen MR) is 78.6 cm³/mol. The Balaban J connectivity index is 0.00000137. The molecule has 104 valence electrons. The summed E-state index contributed by atoms with van der Waals surface area (Å²) in [6.07, 6.45) is 4.90. The Hall–Kier alpha value is -1.02. The van der Waals surface area contributed by atoms with E-state index >= 15 is 0 Å². The largest absolute Gasteiger partial charge is 0.491 e. The van der Waals surface area contributed by atoms with Crippen LogP contribution in [0.1, 0.15) is 48.0 Å². The van der Waals surface area contributed by atoms with Crippen LogP contribution >= 0.6 is 0 Å². The summed E-state index contributed by atoms with van der Waals surface area (Å²) in [7, 11) is 0. The second-order valence-corrected chi connectivity index (χ2v) is 4.76. The van der Waals surface area contributed by atoms with Gasteiger partial charge in [-0.3, -0.25) is 0 Å². The molecule has 0 bridgehead atoms. The molecule has 0 saturated carbocycles. The molecule has 0 radical (unpaired) electrons. The highest BCUT2D eigenvalue weighted by Crippen LogP contribution is 2.22. The molecule has 0 saturated heterocycles. The maximum Gasteiger partial charge on any atom is 0.120 e. The zero-order valence-corrected chi connectivity index (χ0v) is 12.8. The monoisotopic (exact) mass is 252 g/mol. The highest BCUT2D eigenvalue weighted by atomic mass is 16.5. The van der Waals surface area contributed by atoms with Crippen LogP contribution in [-0.2, 0) is 9.47 Å². The highest BCUT2D eigenvalue weighted by molar-refractivity contribution is 5.29. The standard InChI is InChI=1S/C14H22O2.C2H6/c1-6-12(7-2)8-13-11(3)9-16-14(4,5)10-15-13;1-2/h6,8H,1,7,9-10H2,2-5H3;1-2H3/b12-8+;. The van der Waals surface area contributed by atoms with Crippen LogP contribution in [0.4, 0.5) is 0 Å². The summed E-state index contributed by atoms with van der Waals surface area (Å²) in [5, 5.41) is 0. The average molecular weight is 252 g/mol. The first-order valence-corrected chi connectivity index (χ1v) is 6.78. The number of hydrogen-bond acceptors (Lipinski definition) is 2. The fraction of sp³-hybridized carbons (Fsp3) is 0.625. The van der Waals surface area contributed by atoms with Gasteiger partial charge in [0, 0.05) is 0 Å². The Morgan fingerprint density at radius 3 is 2.50 bits per heavy atom. The first-order chi connectivity index (χ1) is 8.48. The van der Waals surface area contributed by atoms with Crippen molar-refractivity contribution in [1.29, 1.82) is 0 Å². The van der Waals surface area contributed by atoms with Gasteiger partial charge >= 0.3 is 0 Å². The van der Waals surface area contributed by atoms with Crippen molar-refractivity contribution >= 4 is 0 Å². The second-order valence-electron chi connectivity index (χ2n) is 4.76. The average Bonchev–Trinajstić information content (AvgIpc) is 2.50. The van der Waals surface area contributed by atoms with Crippen LogP contribution < -0.4 is 0 Å². The first kappa shape index (κ1) is 17.0. The quantitative estimate of drug-likeness (QED) is 0.681. The fourth-order valence-electron chi connectivity index (χ4n) is 1.43. The molecule has 1 rings (SSSR count). The van der Waals surface area contributed by atoms with Gasteiger partial charge in [0.25, 0.3) is 0 Å². The molecule has 2 nitrogen and oxygen atoms in total. The molecular formula is C16H28O2. The van der Waals surface area contributed by atoms with Gasteiger partial charge in [-0.1, -0.05) is 33.4 Å². The number of rotatable bonds is 3. The minimum absolute atomic E-state index is 0.211. The molecule has 0 atom stereocenters. The smallest absolute Gasteiger partial charge is 0.120 e. The van der Waals surface area contributed by atoms with Crippen LogP contribution in [0.2, 0.25) is 0 Å². The summed E-state index contributed by atoms with van der Waals surface area (Å²) in [6, 6.07) is 0. The minimum Gasteiger partial charge on any atom is -0.491 e. The van der Waals surface area contributed by atoms with Gasteiger partial charge in [-0.15, -0.1) is 0 Å². The molecular weight excluding hydrogens is 224 g/mol. The zero-order valence-electron chi connectivity index (χ0n) is 12.8. The molecule has 0 aromatic heterocycles. The number of ether oxygens (including phenoxy) is 2. The molecule has 0 spiro atoms. The van der Waals surface area contributed by atoms with Gasteiger partial charge in [0.2, 0.25) is 0 Å². The molecule has 2 heteroatoms. The molecule has 0 aliphatic carbocycles. The summed E-state index contributed by atoms with van der Waals surface area (Å²) in [6.45, 7) is 17.3. The molecule has 0 fully saturated rings. The third kappa shape index (κ3) is 5.54. The Kier molecular flexibility index (Phi) is 7.69. The van der Waals surface area contributed by atoms with Crippen LogP contribution in [-0.4, -0.2) is 18.8 Å². The Bertz CT molecular complexity index is 322. The molecule has 1 heterocycles. The lowest BCUT2D eigenvalue weighted by Crippen LogP contribution is -2.29. The SMILES string of the molecule is C=C/C(=C\C1=C(C)COC(C)(C)CO1)CC.CC. The van der Waals surface area contributed by atoms with E-state index in [1.807, 2.05) is 40.7 Å². The van der Waals surface area contributed by atoms with Crippen molar-refractivity contribution in [2.24, 2.45) is 0 Å². The van der Waals surface area contributed by atoms with Crippen molar-refractivity contribution in [3.8, 4) is 0 Å². The maximum absolute atomic E-state index is 5.80. The van der Waals surface area contributed by atoms with Crippen LogP contribution in [0.3, 0.4) is 0 Å². The van der Waals surface area contributed by atoms with Crippen molar-refractivity contribution in [2.75, 3.05) is 13.2 Å². The molecule has 0 amide bonds. The van der Waals surface area contributed by atoms with E-state index in [0.29, 0.717) is 13.2 Å². The van der Waals surface area contributed by atoms with Crippen molar-refractivity contribution in [1.82, 2.24) is 0 Å². The Labute approximate surface area is 112 Å². The van der Waals surface area contributed by atoms with E-state index in [1.54, 1.807) is 0 Å². The van der Waals surface area contributed by atoms with Gasteiger partial charge in [-0.25, -0.2) is 0 Å². The van der Waals surface area contributed by atoms with E-state index in [4.69, 9.17) is 9.47 Å². The van der Waals surface area contributed by atoms with E-state index in [1.165, 1.54) is 5.57 Å². The Morgan fingerprint density at radius 2 is 2.00 bits per heavy atom. The van der Waals surface area contributed by atoms with Gasteiger partial charge in [-0.2, -0.15) is 0 Å². The molecule has 0 aromatic carbocycles. The van der Waals surface area contributed by atoms with Gasteiger partial charge < -0.3 is 9.47 Å². The summed E-state index contributed by atoms with van der Waals surface area (Å²) >= 11 is 0. The van der Waals surface area contributed by atoms with Gasteiger partial charge in [0.05, 0.1) is 12.2 Å². The van der Waals surface area contributed by atoms with Crippen molar-refractivity contribution in [3.63, 3.8) is 0 Å². The normalized spacial score (nSPS) is 19.3. The van der Waals surface area contributed by atoms with Crippen molar-refractivity contribution < 1.29 is 9.47 Å². The lowest BCUT2D eigenvalue weighted by molar-refractivity contribution is -0.0375. The van der Waals surface area contributed by atoms with Crippen LogP contribution in [0.15, 0.2) is 35.6 Å². The minimum atomic E-state index is -0.211. The zero-order chi connectivity index (χ0) is 14.2. The van der Waals surface area contributed by atoms with Crippen LogP contribution in [0.5, 0.6) is 0 Å². The Morgan fingerprint density at radius 1 is 1.39 bits per heavy atom. The fourth-order valence-corrected chi connectivity index (χ4v) is 1.43. The summed E-state index contributed by atoms with van der Waals surface area (Å²) < 4.78 is 11.5. The molecule has 1 aliphatic heterocycles. The first-order valence-electron chi connectivity index (χ1n) is 6.78. The van der Waals surface area contributed by atoms with Crippen LogP contribution in [0.25, 0.3) is 0 Å². The van der Waals surface area contributed by atoms with E-state index in [0.717, 1.165) is 17.8 Å². The lowest BCUT2D eigenvalue weighted by Gasteiger charge is -2.21. The molecule has 0 N–H and O–H groups in total. The summed E-state index contributed by atoms with van der Waals surface area (Å²) in [5.74, 6) is 0.933. The van der Waals surface area contributed by atoms with E-state index in [9.17, 15) is 0 Å². The summed E-state index contributed by atoms with van der Waals surface area (Å²) in [4.78, 5) is 0. The van der Waals surface area contributed by atoms with Gasteiger partial charge in [0.15, 0.2) is 0 Å². The number of hydrogen-bond donors (Lipinski definition) is 0. The van der Waals surface area contributed by atoms with Gasteiger partial charge in [0.1, 0.15) is 12.4 Å². The van der Waals surface area contributed by atoms with Crippen LogP contribution in [0, 0.1) is 0 Å². The van der Waals surface area contributed by atoms with E-state index in [2.05, 4.69) is 19.6 Å². The van der Waals surface area contributed by atoms with E-state index in [-0.39, 0.29) is 5.60 Å². The molecule has 1 aliphatic rings. The molecule has 0 unspecified atom stereocenters. The number of allylic oxidation sites excluding steroid dienone is 3. The third-order valence-corrected chi connectivity index (χ3v) is 2.66. The maximum atomic E-state index is 5.80. The highest BCUT2D eigenvalue weighted by Gasteiger charge is 2.23. The topological polar surface area (TPSA) is 18.5 Å². The lowest BCUT2D eigenvalue weighted by atomic mass is 10.1. The second kappa shape index (κ2) is 8.15. The van der Waals surface area contributed by atoms with Gasteiger partial charge in [-0.05, 0) is 44.4 Å². The third-order valence-electron chi connectivity index (χ3n) is 2.66. The van der Waals surface area contributed by atoms with Crippen molar-refractivity contribution in [3.05, 3.63) is 35.6 Å². The molecule has 0 aromatic rings. The van der Waals surface area contributed by atoms with E-state index < -0.39 is 0 Å².